The van der Waals surface area contributed by atoms with Gasteiger partial charge in [-0.15, -0.1) is 0 Å². The number of hydrogen-bond donors (Lipinski definition) is 0. The van der Waals surface area contributed by atoms with Crippen molar-refractivity contribution in [2.45, 2.75) is 0 Å². The molecule has 0 aromatic carbocycles. The van der Waals surface area contributed by atoms with E-state index in [1.807, 2.05) is 0 Å². The van der Waals surface area contributed by atoms with Crippen LogP contribution >= 0.6 is 0 Å². The van der Waals surface area contributed by atoms with Crippen LogP contribution in [0.1, 0.15) is 0 Å². The van der Waals surface area contributed by atoms with E-state index in [-0.39, 0.29) is 49.9 Å². The van der Waals surface area contributed by atoms with Crippen molar-refractivity contribution in [3.8, 4) is 0 Å². The molecular weight excluding hydrogens is 162 g/mol. The standard InChI is InChI=1S/6FH.Ti/h6*1H;. The van der Waals surface area contributed by atoms with E-state index < -0.39 is 0 Å². The van der Waals surface area contributed by atoms with Crippen LogP contribution in [0, 0.1) is 0 Å². The van der Waals surface area contributed by atoms with E-state index in [0.29, 0.717) is 0 Å². The first-order valence-electron chi connectivity index (χ1n) is 0. The zero-order valence-electron chi connectivity index (χ0n) is 2.95. The molecule has 0 saturated heterocycles. The molecule has 0 fully saturated rings. The zero-order valence-corrected chi connectivity index (χ0v) is 4.51. The van der Waals surface area contributed by atoms with E-state index in [9.17, 15) is 0 Å². The van der Waals surface area contributed by atoms with Gasteiger partial charge < -0.3 is 0 Å². The Morgan fingerprint density at radius 2 is 0.286 bits per heavy atom. The molecule has 0 aliphatic rings. The molecule has 0 saturated carbocycles. The summed E-state index contributed by atoms with van der Waals surface area (Å²) in [6.45, 7) is 0. The Hall–Kier alpha value is 0.294. The molecule has 0 spiro atoms. The maximum absolute atomic E-state index is 0. The minimum absolute atomic E-state index is 0. The van der Waals surface area contributed by atoms with Crippen LogP contribution in [0.5, 0.6) is 0 Å². The van der Waals surface area contributed by atoms with Gasteiger partial charge in [0.1, 0.15) is 0 Å². The molecule has 0 amide bonds. The van der Waals surface area contributed by atoms with Crippen LogP contribution in [0.3, 0.4) is 0 Å². The van der Waals surface area contributed by atoms with Crippen LogP contribution in [0.25, 0.3) is 0 Å². The minimum Gasteiger partial charge on any atom is -0.269 e. The van der Waals surface area contributed by atoms with Crippen molar-refractivity contribution in [3.63, 3.8) is 0 Å². The molecule has 0 aliphatic carbocycles. The summed E-state index contributed by atoms with van der Waals surface area (Å²) >= 11 is 0. The van der Waals surface area contributed by atoms with Gasteiger partial charge in [-0.3, -0.25) is 28.2 Å². The van der Waals surface area contributed by atoms with E-state index >= 15 is 0 Å². The third-order valence-corrected chi connectivity index (χ3v) is 0. The van der Waals surface area contributed by atoms with Gasteiger partial charge in [-0.05, 0) is 0 Å². The smallest absolute Gasteiger partial charge is 0 e. The van der Waals surface area contributed by atoms with E-state index in [2.05, 4.69) is 0 Å². The molecule has 0 atom stereocenters. The summed E-state index contributed by atoms with van der Waals surface area (Å²) in [5, 5.41) is 0. The van der Waals surface area contributed by atoms with Crippen LogP contribution in [0.15, 0.2) is 0 Å². The normalized spacial score (nSPS) is 0. The first-order valence-corrected chi connectivity index (χ1v) is 0. The van der Waals surface area contributed by atoms with E-state index in [1.165, 1.54) is 0 Å². The fraction of sp³-hybridized carbons (Fsp3) is 0. The SMILES string of the molecule is F.F.F.F.F.F.[Ti]. The van der Waals surface area contributed by atoms with Crippen LogP contribution in [-0.4, -0.2) is 0 Å². The van der Waals surface area contributed by atoms with E-state index in [1.54, 1.807) is 0 Å². The van der Waals surface area contributed by atoms with Gasteiger partial charge in [0, 0.05) is 21.7 Å². The van der Waals surface area contributed by atoms with Crippen molar-refractivity contribution in [1.29, 1.82) is 0 Å². The average Bonchev–Trinajstić information content (AvgIpc) is 0. The minimum atomic E-state index is 0. The molecule has 7 heteroatoms. The van der Waals surface area contributed by atoms with E-state index in [4.69, 9.17) is 0 Å². The summed E-state index contributed by atoms with van der Waals surface area (Å²) < 4.78 is 0. The maximum Gasteiger partial charge on any atom is 0 e. The zero-order chi connectivity index (χ0) is 0. The van der Waals surface area contributed by atoms with Gasteiger partial charge >= 0.3 is 0 Å². The van der Waals surface area contributed by atoms with Gasteiger partial charge in [0.2, 0.25) is 0 Å². The van der Waals surface area contributed by atoms with Crippen LogP contribution in [-0.2, 0) is 21.7 Å². The fourth-order valence-corrected chi connectivity index (χ4v) is 0. The average molecular weight is 168 g/mol. The van der Waals surface area contributed by atoms with Crippen LogP contribution in [0.2, 0.25) is 0 Å². The van der Waals surface area contributed by atoms with Gasteiger partial charge in [-0.1, -0.05) is 0 Å². The predicted molar refractivity (Wildman–Crippen MR) is 15.0 cm³/mol. The number of hydrogen-bond acceptors (Lipinski definition) is 0. The fourth-order valence-electron chi connectivity index (χ4n) is 0. The van der Waals surface area contributed by atoms with Gasteiger partial charge in [0.05, 0.1) is 0 Å². The van der Waals surface area contributed by atoms with Crippen LogP contribution < -0.4 is 0 Å². The second-order valence-corrected chi connectivity index (χ2v) is 0. The molecule has 0 aromatic rings. The van der Waals surface area contributed by atoms with Gasteiger partial charge in [0.25, 0.3) is 0 Å². The maximum atomic E-state index is 0. The molecule has 7 heavy (non-hydrogen) atoms. The Morgan fingerprint density at radius 3 is 0.286 bits per heavy atom. The molecule has 52 valence electrons. The quantitative estimate of drug-likeness (QED) is 0.372. The molecule has 0 aliphatic heterocycles. The summed E-state index contributed by atoms with van der Waals surface area (Å²) in [5.74, 6) is 0. The summed E-state index contributed by atoms with van der Waals surface area (Å²) in [5.41, 5.74) is 0. The Labute approximate surface area is 50.7 Å². The molecule has 0 radical (unpaired) electrons. The van der Waals surface area contributed by atoms with Crippen LogP contribution in [0.4, 0.5) is 28.2 Å². The molecular formula is H6F6Ti. The Bertz CT molecular complexity index is 4.14. The second-order valence-electron chi connectivity index (χ2n) is 0. The molecule has 0 aromatic heterocycles. The van der Waals surface area contributed by atoms with E-state index in [0.717, 1.165) is 0 Å². The molecule has 0 bridgehead atoms. The largest absolute Gasteiger partial charge is 0.269 e. The van der Waals surface area contributed by atoms with Crippen molar-refractivity contribution in [2.75, 3.05) is 0 Å². The first-order chi connectivity index (χ1) is 0. The third kappa shape index (κ3) is 1340. The summed E-state index contributed by atoms with van der Waals surface area (Å²) in [7, 11) is 0. The van der Waals surface area contributed by atoms with Crippen molar-refractivity contribution in [3.05, 3.63) is 0 Å². The predicted octanol–water partition coefficient (Wildman–Crippen LogP) is 0.912. The summed E-state index contributed by atoms with van der Waals surface area (Å²) in [6, 6.07) is 0. The van der Waals surface area contributed by atoms with Gasteiger partial charge in [0.15, 0.2) is 0 Å². The first kappa shape index (κ1) is 3340. The summed E-state index contributed by atoms with van der Waals surface area (Å²) in [6.07, 6.45) is 0. The Kier molecular flexibility index (Phi) is 971000. The van der Waals surface area contributed by atoms with Gasteiger partial charge in [-0.2, -0.15) is 0 Å². The molecule has 0 unspecified atom stereocenters. The second kappa shape index (κ2) is 2040. The Balaban J connectivity index is 0. The molecule has 0 heterocycles. The Morgan fingerprint density at radius 1 is 0.286 bits per heavy atom. The summed E-state index contributed by atoms with van der Waals surface area (Å²) in [4.78, 5) is 0. The molecule has 0 rings (SSSR count). The molecule has 0 nitrogen and oxygen atoms in total. The van der Waals surface area contributed by atoms with Gasteiger partial charge in [-0.25, -0.2) is 0 Å². The van der Waals surface area contributed by atoms with Crippen molar-refractivity contribution in [2.24, 2.45) is 0 Å². The third-order valence-electron chi connectivity index (χ3n) is 0. The molecule has 0 N–H and O–H groups in total. The number of rotatable bonds is 0. The van der Waals surface area contributed by atoms with Crippen molar-refractivity contribution < 1.29 is 49.9 Å². The van der Waals surface area contributed by atoms with Crippen molar-refractivity contribution in [1.82, 2.24) is 0 Å². The monoisotopic (exact) mass is 168 g/mol. The van der Waals surface area contributed by atoms with Crippen molar-refractivity contribution >= 4 is 0 Å². The number of halogens is 6. The topological polar surface area (TPSA) is 0 Å².